The number of hydrogen-bond acceptors (Lipinski definition) is 6. The van der Waals surface area contributed by atoms with Crippen LogP contribution in [0.5, 0.6) is 0 Å². The maximum absolute atomic E-state index is 12.6. The van der Waals surface area contributed by atoms with Crippen molar-refractivity contribution in [3.8, 4) is 12.3 Å². The molecule has 1 heterocycles. The van der Waals surface area contributed by atoms with Crippen molar-refractivity contribution >= 4 is 27.8 Å². The molecule has 10 heteroatoms. The minimum Gasteiger partial charge on any atom is -0.456 e. The molecule has 29 heavy (non-hydrogen) atoms. The van der Waals surface area contributed by atoms with Crippen LogP contribution in [0, 0.1) is 12.3 Å². The highest BCUT2D eigenvalue weighted by atomic mass is 32.2. The molecule has 0 saturated carbocycles. The first kappa shape index (κ1) is 22.4. The Hall–Kier alpha value is -2.90. The van der Waals surface area contributed by atoms with Gasteiger partial charge in [-0.3, -0.25) is 14.4 Å². The third kappa shape index (κ3) is 6.58. The van der Waals surface area contributed by atoms with E-state index in [4.69, 9.17) is 11.2 Å². The lowest BCUT2D eigenvalue weighted by Gasteiger charge is -2.34. The zero-order valence-electron chi connectivity index (χ0n) is 15.9. The van der Waals surface area contributed by atoms with Crippen LogP contribution in [0.4, 0.5) is 0 Å². The van der Waals surface area contributed by atoms with Crippen molar-refractivity contribution in [2.24, 2.45) is 0 Å². The van der Waals surface area contributed by atoms with Crippen molar-refractivity contribution in [3.63, 3.8) is 0 Å². The summed E-state index contributed by atoms with van der Waals surface area (Å²) in [5, 5.41) is 2.35. The number of carbonyl (C=O) groups is 3. The summed E-state index contributed by atoms with van der Waals surface area (Å²) in [6.07, 6.45) is 4.76. The van der Waals surface area contributed by atoms with Gasteiger partial charge in [-0.15, -0.1) is 6.42 Å². The van der Waals surface area contributed by atoms with Gasteiger partial charge >= 0.3 is 5.97 Å². The molecule has 0 aliphatic carbocycles. The van der Waals surface area contributed by atoms with Crippen LogP contribution < -0.4 is 5.32 Å². The fraction of sp³-hybridized carbons (Fsp3) is 0.421. The molecule has 2 amide bonds. The van der Waals surface area contributed by atoms with Crippen LogP contribution in [-0.4, -0.2) is 74.7 Å². The standard InChI is InChI=1S/C19H23N3O6S/c1-2-10-20-17(23)15-28-19(25)9-8-18(24)21-11-13-22(14-12-21)29(26,27)16-6-4-3-5-7-16/h1,3-7H,8-15H2,(H,20,23). The molecule has 0 spiro atoms. The van der Waals surface area contributed by atoms with Gasteiger partial charge in [0.2, 0.25) is 15.9 Å². The van der Waals surface area contributed by atoms with Crippen molar-refractivity contribution in [1.29, 1.82) is 0 Å². The predicted octanol–water partition coefficient (Wildman–Crippen LogP) is -0.408. The highest BCUT2D eigenvalue weighted by molar-refractivity contribution is 7.89. The quantitative estimate of drug-likeness (QED) is 0.451. The molecule has 1 fully saturated rings. The highest BCUT2D eigenvalue weighted by Gasteiger charge is 2.30. The number of piperazine rings is 1. The fourth-order valence-electron chi connectivity index (χ4n) is 2.71. The zero-order chi connectivity index (χ0) is 21.3. The first-order chi connectivity index (χ1) is 13.8. The number of sulfonamides is 1. The van der Waals surface area contributed by atoms with Gasteiger partial charge in [-0.05, 0) is 12.1 Å². The first-order valence-electron chi connectivity index (χ1n) is 9.03. The van der Waals surface area contributed by atoms with Crippen molar-refractivity contribution in [2.75, 3.05) is 39.3 Å². The van der Waals surface area contributed by atoms with E-state index in [9.17, 15) is 22.8 Å². The normalized spacial score (nSPS) is 14.7. The largest absolute Gasteiger partial charge is 0.456 e. The Morgan fingerprint density at radius 1 is 1.07 bits per heavy atom. The average Bonchev–Trinajstić information content (AvgIpc) is 2.75. The molecule has 0 radical (unpaired) electrons. The van der Waals surface area contributed by atoms with Gasteiger partial charge < -0.3 is 15.0 Å². The smallest absolute Gasteiger partial charge is 0.306 e. The lowest BCUT2D eigenvalue weighted by molar-refractivity contribution is -0.150. The van der Waals surface area contributed by atoms with Gasteiger partial charge in [0.05, 0.1) is 17.9 Å². The lowest BCUT2D eigenvalue weighted by Crippen LogP contribution is -2.50. The molecule has 1 saturated heterocycles. The van der Waals surface area contributed by atoms with E-state index in [1.165, 1.54) is 21.3 Å². The summed E-state index contributed by atoms with van der Waals surface area (Å²) in [5.74, 6) is 0.770. The Morgan fingerprint density at radius 2 is 1.72 bits per heavy atom. The Morgan fingerprint density at radius 3 is 2.34 bits per heavy atom. The molecule has 0 unspecified atom stereocenters. The maximum Gasteiger partial charge on any atom is 0.306 e. The van der Waals surface area contributed by atoms with E-state index >= 15 is 0 Å². The number of ether oxygens (including phenoxy) is 1. The monoisotopic (exact) mass is 421 g/mol. The minimum atomic E-state index is -3.59. The summed E-state index contributed by atoms with van der Waals surface area (Å²) in [5.41, 5.74) is 0. The number of esters is 1. The Labute approximate surface area is 170 Å². The molecule has 0 atom stereocenters. The Kier molecular flexibility index (Phi) is 8.18. The summed E-state index contributed by atoms with van der Waals surface area (Å²) < 4.78 is 31.3. The van der Waals surface area contributed by atoms with Crippen LogP contribution in [0.3, 0.4) is 0 Å². The van der Waals surface area contributed by atoms with E-state index in [1.54, 1.807) is 18.2 Å². The molecule has 1 aliphatic heterocycles. The molecule has 2 rings (SSSR count). The van der Waals surface area contributed by atoms with Crippen molar-refractivity contribution in [1.82, 2.24) is 14.5 Å². The molecular weight excluding hydrogens is 398 g/mol. The zero-order valence-corrected chi connectivity index (χ0v) is 16.7. The van der Waals surface area contributed by atoms with Crippen LogP contribution in [0.1, 0.15) is 12.8 Å². The lowest BCUT2D eigenvalue weighted by atomic mass is 10.2. The molecule has 0 bridgehead atoms. The Bertz CT molecular complexity index is 871. The first-order valence-corrected chi connectivity index (χ1v) is 10.5. The van der Waals surface area contributed by atoms with E-state index in [-0.39, 0.29) is 56.4 Å². The second-order valence-electron chi connectivity index (χ2n) is 6.24. The number of carbonyl (C=O) groups excluding carboxylic acids is 3. The summed E-state index contributed by atoms with van der Waals surface area (Å²) >= 11 is 0. The molecule has 9 nitrogen and oxygen atoms in total. The van der Waals surface area contributed by atoms with Crippen molar-refractivity contribution in [3.05, 3.63) is 30.3 Å². The Balaban J connectivity index is 1.74. The highest BCUT2D eigenvalue weighted by Crippen LogP contribution is 2.17. The number of amides is 2. The van der Waals surface area contributed by atoms with Crippen molar-refractivity contribution in [2.45, 2.75) is 17.7 Å². The molecule has 1 aromatic rings. The number of benzene rings is 1. The number of terminal acetylenes is 1. The summed E-state index contributed by atoms with van der Waals surface area (Å²) in [6.45, 7) is 0.444. The SMILES string of the molecule is C#CCNC(=O)COC(=O)CCC(=O)N1CCN(S(=O)(=O)c2ccccc2)CC1. The van der Waals surface area contributed by atoms with Gasteiger partial charge in [0.25, 0.3) is 5.91 Å². The summed E-state index contributed by atoms with van der Waals surface area (Å²) in [4.78, 5) is 36.9. The van der Waals surface area contributed by atoms with Gasteiger partial charge in [-0.1, -0.05) is 24.1 Å². The van der Waals surface area contributed by atoms with Crippen LogP contribution in [-0.2, 0) is 29.1 Å². The molecule has 1 N–H and O–H groups in total. The third-order valence-corrected chi connectivity index (χ3v) is 6.18. The molecule has 156 valence electrons. The molecule has 0 aromatic heterocycles. The molecule has 1 aromatic carbocycles. The molecule has 1 aliphatic rings. The van der Waals surface area contributed by atoms with E-state index in [0.29, 0.717) is 0 Å². The van der Waals surface area contributed by atoms with Crippen LogP contribution >= 0.6 is 0 Å². The van der Waals surface area contributed by atoms with Gasteiger partial charge in [-0.25, -0.2) is 8.42 Å². The topological polar surface area (TPSA) is 113 Å². The number of nitrogens with one attached hydrogen (secondary N) is 1. The summed E-state index contributed by atoms with van der Waals surface area (Å²) in [7, 11) is -3.59. The fourth-order valence-corrected chi connectivity index (χ4v) is 4.15. The van der Waals surface area contributed by atoms with Gasteiger partial charge in [0.15, 0.2) is 6.61 Å². The van der Waals surface area contributed by atoms with E-state index < -0.39 is 28.5 Å². The second-order valence-corrected chi connectivity index (χ2v) is 8.18. The number of nitrogens with zero attached hydrogens (tertiary/aromatic N) is 2. The van der Waals surface area contributed by atoms with E-state index in [1.807, 2.05) is 0 Å². The average molecular weight is 421 g/mol. The van der Waals surface area contributed by atoms with Crippen molar-refractivity contribution < 1.29 is 27.5 Å². The van der Waals surface area contributed by atoms with E-state index in [2.05, 4.69) is 11.2 Å². The van der Waals surface area contributed by atoms with E-state index in [0.717, 1.165) is 0 Å². The van der Waals surface area contributed by atoms with Crippen LogP contribution in [0.25, 0.3) is 0 Å². The minimum absolute atomic E-state index is 0.0425. The molecular formula is C19H23N3O6S. The maximum atomic E-state index is 12.6. The predicted molar refractivity (Wildman–Crippen MR) is 104 cm³/mol. The third-order valence-electron chi connectivity index (χ3n) is 4.27. The number of rotatable bonds is 8. The number of hydrogen-bond donors (Lipinski definition) is 1. The van der Waals surface area contributed by atoms with Gasteiger partial charge in [0, 0.05) is 32.6 Å². The summed E-state index contributed by atoms with van der Waals surface area (Å²) in [6, 6.07) is 8.12. The van der Waals surface area contributed by atoms with Gasteiger partial charge in [0.1, 0.15) is 0 Å². The van der Waals surface area contributed by atoms with Crippen LogP contribution in [0.15, 0.2) is 35.2 Å². The van der Waals surface area contributed by atoms with Crippen LogP contribution in [0.2, 0.25) is 0 Å². The second kappa shape index (κ2) is 10.6. The van der Waals surface area contributed by atoms with Gasteiger partial charge in [-0.2, -0.15) is 4.31 Å².